The lowest BCUT2D eigenvalue weighted by Gasteiger charge is -2.25. The van der Waals surface area contributed by atoms with Crippen LogP contribution in [-0.4, -0.2) is 37.3 Å². The first kappa shape index (κ1) is 15.1. The van der Waals surface area contributed by atoms with Gasteiger partial charge >= 0.3 is 0 Å². The van der Waals surface area contributed by atoms with E-state index < -0.39 is 5.82 Å². The Morgan fingerprint density at radius 1 is 1.60 bits per heavy atom. The highest BCUT2D eigenvalue weighted by atomic mass is 79.9. The van der Waals surface area contributed by atoms with Gasteiger partial charge in [-0.1, -0.05) is 5.16 Å². The van der Waals surface area contributed by atoms with Crippen molar-refractivity contribution in [3.05, 3.63) is 28.0 Å². The minimum atomic E-state index is -0.405. The van der Waals surface area contributed by atoms with Crippen LogP contribution in [-0.2, 0) is 4.74 Å². The number of amidine groups is 1. The van der Waals surface area contributed by atoms with Gasteiger partial charge in [0.1, 0.15) is 0 Å². The zero-order valence-electron chi connectivity index (χ0n) is 11.1. The van der Waals surface area contributed by atoms with Crippen molar-refractivity contribution in [2.75, 3.05) is 25.2 Å². The highest BCUT2D eigenvalue weighted by Gasteiger charge is 2.31. The van der Waals surface area contributed by atoms with Crippen molar-refractivity contribution in [3.63, 3.8) is 0 Å². The highest BCUT2D eigenvalue weighted by Crippen LogP contribution is 2.36. The van der Waals surface area contributed by atoms with Crippen LogP contribution in [0.4, 0.5) is 10.1 Å². The fourth-order valence-electron chi connectivity index (χ4n) is 2.09. The largest absolute Gasteiger partial charge is 0.409 e. The Labute approximate surface area is 125 Å². The minimum Gasteiger partial charge on any atom is -0.409 e. The number of nitrogens with zero attached hydrogens (tertiary/aromatic N) is 2. The molecule has 2 rings (SSSR count). The molecule has 110 valence electrons. The van der Waals surface area contributed by atoms with Crippen molar-refractivity contribution in [2.24, 2.45) is 10.9 Å². The predicted octanol–water partition coefficient (Wildman–Crippen LogP) is 2.30. The molecule has 0 aromatic heterocycles. The summed E-state index contributed by atoms with van der Waals surface area (Å²) in [5, 5.41) is 11.6. The number of nitrogens with two attached hydrogens (primary N) is 1. The van der Waals surface area contributed by atoms with Crippen LogP contribution in [0.15, 0.2) is 21.8 Å². The monoisotopic (exact) mass is 345 g/mol. The summed E-state index contributed by atoms with van der Waals surface area (Å²) in [6.45, 7) is 1.17. The second-order valence-electron chi connectivity index (χ2n) is 4.66. The molecule has 0 saturated heterocycles. The summed E-state index contributed by atoms with van der Waals surface area (Å²) in [6.07, 6.45) is 2.12. The van der Waals surface area contributed by atoms with Gasteiger partial charge in [-0.15, -0.1) is 0 Å². The normalized spacial score (nSPS) is 15.4. The number of hydrogen-bond donors (Lipinski definition) is 2. The average Bonchev–Trinajstić information content (AvgIpc) is 3.27. The predicted molar refractivity (Wildman–Crippen MR) is 78.9 cm³/mol. The molecule has 0 bridgehead atoms. The van der Waals surface area contributed by atoms with E-state index in [0.717, 1.165) is 12.8 Å². The topological polar surface area (TPSA) is 71.1 Å². The standard InChI is InChI=1S/C13H17BrFN3O2/c1-20-7-6-18(8-2-3-8)10-5-4-9(13(16)17-19)11(14)12(10)15/h4-5,8,19H,2-3,6-7H2,1H3,(H2,16,17). The summed E-state index contributed by atoms with van der Waals surface area (Å²) in [6, 6.07) is 3.66. The van der Waals surface area contributed by atoms with Gasteiger partial charge in [0.25, 0.3) is 0 Å². The fourth-order valence-corrected chi connectivity index (χ4v) is 2.63. The van der Waals surface area contributed by atoms with Crippen LogP contribution in [0, 0.1) is 5.82 Å². The van der Waals surface area contributed by atoms with E-state index >= 15 is 0 Å². The fraction of sp³-hybridized carbons (Fsp3) is 0.462. The summed E-state index contributed by atoms with van der Waals surface area (Å²) in [5.74, 6) is -0.533. The molecule has 3 N–H and O–H groups in total. The third-order valence-electron chi connectivity index (χ3n) is 3.28. The van der Waals surface area contributed by atoms with Crippen molar-refractivity contribution < 1.29 is 14.3 Å². The molecule has 1 aliphatic rings. The maximum absolute atomic E-state index is 14.5. The smallest absolute Gasteiger partial charge is 0.171 e. The van der Waals surface area contributed by atoms with Gasteiger partial charge in [0.05, 0.1) is 16.8 Å². The number of methoxy groups -OCH3 is 1. The van der Waals surface area contributed by atoms with Gasteiger partial charge in [0, 0.05) is 25.3 Å². The Morgan fingerprint density at radius 3 is 2.85 bits per heavy atom. The van der Waals surface area contributed by atoms with E-state index in [1.807, 2.05) is 4.90 Å². The molecule has 0 amide bonds. The van der Waals surface area contributed by atoms with Crippen molar-refractivity contribution >= 4 is 27.5 Å². The van der Waals surface area contributed by atoms with Crippen LogP contribution in [0.25, 0.3) is 0 Å². The van der Waals surface area contributed by atoms with Crippen LogP contribution < -0.4 is 10.6 Å². The number of oxime groups is 1. The number of anilines is 1. The molecule has 0 heterocycles. The number of halogens is 2. The molecular weight excluding hydrogens is 329 g/mol. The zero-order valence-corrected chi connectivity index (χ0v) is 12.7. The average molecular weight is 346 g/mol. The molecule has 0 atom stereocenters. The first-order chi connectivity index (χ1) is 9.60. The summed E-state index contributed by atoms with van der Waals surface area (Å²) >= 11 is 3.17. The van der Waals surface area contributed by atoms with Crippen LogP contribution in [0.3, 0.4) is 0 Å². The molecule has 1 aliphatic carbocycles. The van der Waals surface area contributed by atoms with Crippen molar-refractivity contribution in [2.45, 2.75) is 18.9 Å². The van der Waals surface area contributed by atoms with E-state index in [9.17, 15) is 4.39 Å². The van der Waals surface area contributed by atoms with Gasteiger partial charge in [-0.25, -0.2) is 4.39 Å². The molecule has 1 aromatic carbocycles. The minimum absolute atomic E-state index is 0.128. The lowest BCUT2D eigenvalue weighted by atomic mass is 10.1. The molecule has 0 spiro atoms. The van der Waals surface area contributed by atoms with Gasteiger partial charge in [0.2, 0.25) is 0 Å². The van der Waals surface area contributed by atoms with E-state index in [0.29, 0.717) is 30.4 Å². The van der Waals surface area contributed by atoms with E-state index in [1.54, 1.807) is 19.2 Å². The summed E-state index contributed by atoms with van der Waals surface area (Å²) < 4.78 is 19.8. The van der Waals surface area contributed by atoms with Gasteiger partial charge in [-0.05, 0) is 40.9 Å². The van der Waals surface area contributed by atoms with Gasteiger partial charge in [-0.2, -0.15) is 0 Å². The molecule has 1 fully saturated rings. The van der Waals surface area contributed by atoms with Gasteiger partial charge in [0.15, 0.2) is 11.7 Å². The molecule has 20 heavy (non-hydrogen) atoms. The number of benzene rings is 1. The van der Waals surface area contributed by atoms with Crippen molar-refractivity contribution in [1.29, 1.82) is 0 Å². The molecule has 5 nitrogen and oxygen atoms in total. The molecule has 0 aliphatic heterocycles. The zero-order chi connectivity index (χ0) is 14.7. The van der Waals surface area contributed by atoms with Gasteiger partial charge < -0.3 is 20.6 Å². The molecule has 0 unspecified atom stereocenters. The third kappa shape index (κ3) is 3.04. The second kappa shape index (κ2) is 6.41. The number of rotatable bonds is 6. The van der Waals surface area contributed by atoms with Crippen LogP contribution in [0.2, 0.25) is 0 Å². The summed E-state index contributed by atoms with van der Waals surface area (Å²) in [5.41, 5.74) is 6.35. The quantitative estimate of drug-likeness (QED) is 0.359. The first-order valence-electron chi connectivity index (χ1n) is 6.31. The molecular formula is C13H17BrFN3O2. The number of ether oxygens (including phenoxy) is 1. The van der Waals surface area contributed by atoms with Gasteiger partial charge in [-0.3, -0.25) is 0 Å². The third-order valence-corrected chi connectivity index (χ3v) is 4.05. The maximum Gasteiger partial charge on any atom is 0.171 e. The Hall–Kier alpha value is -1.34. The van der Waals surface area contributed by atoms with E-state index in [2.05, 4.69) is 21.1 Å². The second-order valence-corrected chi connectivity index (χ2v) is 5.46. The van der Waals surface area contributed by atoms with Crippen molar-refractivity contribution in [3.8, 4) is 0 Å². The first-order valence-corrected chi connectivity index (χ1v) is 7.11. The number of hydrogen-bond acceptors (Lipinski definition) is 4. The maximum atomic E-state index is 14.5. The van der Waals surface area contributed by atoms with E-state index in [-0.39, 0.29) is 10.3 Å². The lowest BCUT2D eigenvalue weighted by molar-refractivity contribution is 0.204. The van der Waals surface area contributed by atoms with Crippen LogP contribution in [0.5, 0.6) is 0 Å². The Kier molecular flexibility index (Phi) is 4.82. The summed E-state index contributed by atoms with van der Waals surface area (Å²) in [4.78, 5) is 2.00. The Bertz CT molecular complexity index is 521. The van der Waals surface area contributed by atoms with E-state index in [1.165, 1.54) is 0 Å². The molecule has 0 radical (unpaired) electrons. The van der Waals surface area contributed by atoms with Crippen LogP contribution in [0.1, 0.15) is 18.4 Å². The molecule has 7 heteroatoms. The van der Waals surface area contributed by atoms with Crippen molar-refractivity contribution in [1.82, 2.24) is 0 Å². The van der Waals surface area contributed by atoms with E-state index in [4.69, 9.17) is 15.7 Å². The molecule has 1 saturated carbocycles. The SMILES string of the molecule is COCCN(c1ccc(/C(N)=N/O)c(Br)c1F)C1CC1. The Balaban J connectivity index is 2.34. The highest BCUT2D eigenvalue weighted by molar-refractivity contribution is 9.10. The van der Waals surface area contributed by atoms with Crippen LogP contribution >= 0.6 is 15.9 Å². The molecule has 1 aromatic rings. The Morgan fingerprint density at radius 2 is 2.30 bits per heavy atom. The lowest BCUT2D eigenvalue weighted by Crippen LogP contribution is -2.30. The summed E-state index contributed by atoms with van der Waals surface area (Å²) in [7, 11) is 1.62.